The van der Waals surface area contributed by atoms with E-state index in [4.69, 9.17) is 11.6 Å². The van der Waals surface area contributed by atoms with Crippen LogP contribution in [-0.4, -0.2) is 20.8 Å². The molecule has 0 unspecified atom stereocenters. The van der Waals surface area contributed by atoms with Gasteiger partial charge in [0.15, 0.2) is 0 Å². The molecule has 2 heterocycles. The van der Waals surface area contributed by atoms with E-state index in [0.717, 1.165) is 18.3 Å². The molecule has 2 rings (SSSR count). The van der Waals surface area contributed by atoms with E-state index in [0.29, 0.717) is 0 Å². The minimum absolute atomic E-state index is 0.0543. The van der Waals surface area contributed by atoms with Gasteiger partial charge in [0.25, 0.3) is 5.91 Å². The molecule has 0 fully saturated rings. The SMILES string of the molecule is O=C(Nc1ccc(F)cn1)c1ccnc(Cl)c1[N+](=O)[O-]. The number of hydrogen-bond donors (Lipinski definition) is 1. The number of aromatic nitrogens is 2. The van der Waals surface area contributed by atoms with Crippen molar-refractivity contribution >= 4 is 29.0 Å². The summed E-state index contributed by atoms with van der Waals surface area (Å²) in [6, 6.07) is 3.47. The Morgan fingerprint density at radius 1 is 1.35 bits per heavy atom. The number of carbonyl (C=O) groups is 1. The summed E-state index contributed by atoms with van der Waals surface area (Å²) < 4.78 is 12.7. The van der Waals surface area contributed by atoms with Gasteiger partial charge in [0.05, 0.1) is 11.1 Å². The maximum Gasteiger partial charge on any atom is 0.319 e. The van der Waals surface area contributed by atoms with Crippen LogP contribution in [0.3, 0.4) is 0 Å². The van der Waals surface area contributed by atoms with E-state index in [9.17, 15) is 19.3 Å². The van der Waals surface area contributed by atoms with Crippen molar-refractivity contribution in [2.75, 3.05) is 5.32 Å². The largest absolute Gasteiger partial charge is 0.319 e. The third-order valence-electron chi connectivity index (χ3n) is 2.28. The van der Waals surface area contributed by atoms with E-state index in [1.165, 1.54) is 12.3 Å². The number of carbonyl (C=O) groups excluding carboxylic acids is 1. The molecule has 0 saturated carbocycles. The Kier molecular flexibility index (Phi) is 3.85. The lowest BCUT2D eigenvalue weighted by molar-refractivity contribution is -0.385. The van der Waals surface area contributed by atoms with Crippen LogP contribution in [0.15, 0.2) is 30.6 Å². The van der Waals surface area contributed by atoms with Crippen LogP contribution < -0.4 is 5.32 Å². The smallest absolute Gasteiger partial charge is 0.306 e. The van der Waals surface area contributed by atoms with Crippen LogP contribution in [0.1, 0.15) is 10.4 Å². The number of nitro groups is 1. The van der Waals surface area contributed by atoms with E-state index in [-0.39, 0.29) is 11.4 Å². The van der Waals surface area contributed by atoms with Gasteiger partial charge in [-0.25, -0.2) is 14.4 Å². The quantitative estimate of drug-likeness (QED) is 0.533. The first kappa shape index (κ1) is 13.8. The van der Waals surface area contributed by atoms with E-state index < -0.39 is 27.5 Å². The molecule has 0 spiro atoms. The second-order valence-electron chi connectivity index (χ2n) is 3.57. The van der Waals surface area contributed by atoms with E-state index in [2.05, 4.69) is 15.3 Å². The molecule has 0 aromatic carbocycles. The number of hydrogen-bond acceptors (Lipinski definition) is 5. The Morgan fingerprint density at radius 2 is 2.10 bits per heavy atom. The van der Waals surface area contributed by atoms with Crippen molar-refractivity contribution in [2.24, 2.45) is 0 Å². The molecule has 0 bridgehead atoms. The number of halogens is 2. The Labute approximate surface area is 116 Å². The van der Waals surface area contributed by atoms with Crippen LogP contribution >= 0.6 is 11.6 Å². The van der Waals surface area contributed by atoms with Crippen molar-refractivity contribution < 1.29 is 14.1 Å². The van der Waals surface area contributed by atoms with Gasteiger partial charge in [-0.3, -0.25) is 14.9 Å². The summed E-state index contributed by atoms with van der Waals surface area (Å²) in [7, 11) is 0. The van der Waals surface area contributed by atoms with Crippen LogP contribution in [0.4, 0.5) is 15.9 Å². The summed E-state index contributed by atoms with van der Waals surface area (Å²) in [5, 5.41) is 12.8. The molecule has 0 saturated heterocycles. The average molecular weight is 297 g/mol. The van der Waals surface area contributed by atoms with Gasteiger partial charge in [0.1, 0.15) is 17.2 Å². The first-order chi connectivity index (χ1) is 9.49. The number of anilines is 1. The van der Waals surface area contributed by atoms with Crippen molar-refractivity contribution in [2.45, 2.75) is 0 Å². The fraction of sp³-hybridized carbons (Fsp3) is 0. The molecule has 7 nitrogen and oxygen atoms in total. The maximum atomic E-state index is 12.7. The highest BCUT2D eigenvalue weighted by Gasteiger charge is 2.24. The molecule has 0 radical (unpaired) electrons. The first-order valence-electron chi connectivity index (χ1n) is 5.21. The highest BCUT2D eigenvalue weighted by Crippen LogP contribution is 2.26. The Hall–Kier alpha value is -2.61. The third kappa shape index (κ3) is 2.86. The highest BCUT2D eigenvalue weighted by atomic mass is 35.5. The topological polar surface area (TPSA) is 98.0 Å². The molecule has 0 aliphatic heterocycles. The number of amides is 1. The molecule has 20 heavy (non-hydrogen) atoms. The van der Waals surface area contributed by atoms with Crippen LogP contribution in [0.5, 0.6) is 0 Å². The zero-order chi connectivity index (χ0) is 14.7. The van der Waals surface area contributed by atoms with Gasteiger partial charge in [-0.2, -0.15) is 0 Å². The molecule has 2 aromatic heterocycles. The first-order valence-corrected chi connectivity index (χ1v) is 5.58. The van der Waals surface area contributed by atoms with Crippen molar-refractivity contribution in [3.63, 3.8) is 0 Å². The fourth-order valence-corrected chi connectivity index (χ4v) is 1.65. The highest BCUT2D eigenvalue weighted by molar-refractivity contribution is 6.32. The van der Waals surface area contributed by atoms with Crippen molar-refractivity contribution in [3.05, 3.63) is 57.2 Å². The summed E-state index contributed by atoms with van der Waals surface area (Å²) in [5.41, 5.74) is -0.866. The van der Waals surface area contributed by atoms with Crippen LogP contribution in [0, 0.1) is 15.9 Å². The van der Waals surface area contributed by atoms with E-state index >= 15 is 0 Å². The molecule has 102 valence electrons. The molecule has 0 atom stereocenters. The normalized spacial score (nSPS) is 10.1. The summed E-state index contributed by atoms with van der Waals surface area (Å²) in [5.74, 6) is -1.31. The zero-order valence-corrected chi connectivity index (χ0v) is 10.5. The number of nitrogens with zero attached hydrogens (tertiary/aromatic N) is 3. The summed E-state index contributed by atoms with van der Waals surface area (Å²) in [6.45, 7) is 0. The lowest BCUT2D eigenvalue weighted by atomic mass is 10.2. The molecule has 0 aliphatic carbocycles. The summed E-state index contributed by atoms with van der Waals surface area (Å²) >= 11 is 5.59. The molecule has 1 amide bonds. The van der Waals surface area contributed by atoms with E-state index in [1.807, 2.05) is 0 Å². The Morgan fingerprint density at radius 3 is 2.70 bits per heavy atom. The second kappa shape index (κ2) is 5.57. The number of nitrogens with one attached hydrogen (secondary N) is 1. The lowest BCUT2D eigenvalue weighted by Gasteiger charge is -2.05. The molecule has 2 aromatic rings. The van der Waals surface area contributed by atoms with Crippen molar-refractivity contribution in [3.8, 4) is 0 Å². The molecule has 9 heteroatoms. The maximum absolute atomic E-state index is 12.7. The molecular formula is C11H6ClFN4O3. The Bertz CT molecular complexity index is 678. The predicted octanol–water partition coefficient (Wildman–Crippen LogP) is 2.43. The number of pyridine rings is 2. The summed E-state index contributed by atoms with van der Waals surface area (Å²) in [6.07, 6.45) is 2.08. The van der Waals surface area contributed by atoms with Crippen LogP contribution in [0.25, 0.3) is 0 Å². The molecular weight excluding hydrogens is 291 g/mol. The van der Waals surface area contributed by atoms with Crippen molar-refractivity contribution in [1.82, 2.24) is 9.97 Å². The molecule has 0 aliphatic rings. The van der Waals surface area contributed by atoms with Crippen LogP contribution in [0.2, 0.25) is 5.15 Å². The third-order valence-corrected chi connectivity index (χ3v) is 2.55. The zero-order valence-electron chi connectivity index (χ0n) is 9.71. The van der Waals surface area contributed by atoms with Gasteiger partial charge in [-0.05, 0) is 18.2 Å². The second-order valence-corrected chi connectivity index (χ2v) is 3.93. The van der Waals surface area contributed by atoms with Crippen LogP contribution in [-0.2, 0) is 0 Å². The fourth-order valence-electron chi connectivity index (χ4n) is 1.42. The summed E-state index contributed by atoms with van der Waals surface area (Å²) in [4.78, 5) is 29.2. The van der Waals surface area contributed by atoms with Gasteiger partial charge in [0.2, 0.25) is 5.15 Å². The van der Waals surface area contributed by atoms with Crippen molar-refractivity contribution in [1.29, 1.82) is 0 Å². The van der Waals surface area contributed by atoms with Gasteiger partial charge in [-0.1, -0.05) is 11.6 Å². The Balaban J connectivity index is 2.32. The molecule has 1 N–H and O–H groups in total. The van der Waals surface area contributed by atoms with Gasteiger partial charge >= 0.3 is 5.69 Å². The minimum Gasteiger partial charge on any atom is -0.306 e. The monoisotopic (exact) mass is 296 g/mol. The van der Waals surface area contributed by atoms with Gasteiger partial charge < -0.3 is 5.32 Å². The van der Waals surface area contributed by atoms with Gasteiger partial charge in [-0.15, -0.1) is 0 Å². The lowest BCUT2D eigenvalue weighted by Crippen LogP contribution is -2.15. The predicted molar refractivity (Wildman–Crippen MR) is 68.0 cm³/mol. The van der Waals surface area contributed by atoms with E-state index in [1.54, 1.807) is 0 Å². The minimum atomic E-state index is -0.803. The standard InChI is InChI=1S/C11H6ClFN4O3/c12-10-9(17(19)20)7(3-4-14-10)11(18)16-8-2-1-6(13)5-15-8/h1-5H,(H,15,16,18). The van der Waals surface area contributed by atoms with Gasteiger partial charge in [0, 0.05) is 6.20 Å². The average Bonchev–Trinajstić information content (AvgIpc) is 2.40. The number of rotatable bonds is 3.